The van der Waals surface area contributed by atoms with Crippen LogP contribution in [0.25, 0.3) is 0 Å². The lowest BCUT2D eigenvalue weighted by molar-refractivity contribution is -0.146. The van der Waals surface area contributed by atoms with E-state index in [4.69, 9.17) is 4.74 Å². The molecule has 0 unspecified atom stereocenters. The van der Waals surface area contributed by atoms with E-state index in [1.807, 2.05) is 13.8 Å². The Kier molecular flexibility index (Phi) is 5.44. The standard InChI is InChI=1S/C11H20O2/c1-6-9(5)11(12)13-10(7-2)8(3)4/h6,8,10H,7H2,1-5H3/b9-6+/t10-/m0/s1. The van der Waals surface area contributed by atoms with Crippen molar-refractivity contribution < 1.29 is 9.53 Å². The van der Waals surface area contributed by atoms with Gasteiger partial charge in [0.25, 0.3) is 0 Å². The van der Waals surface area contributed by atoms with E-state index >= 15 is 0 Å². The molecular weight excluding hydrogens is 164 g/mol. The first-order valence-electron chi connectivity index (χ1n) is 4.86. The van der Waals surface area contributed by atoms with Crippen LogP contribution in [-0.4, -0.2) is 12.1 Å². The van der Waals surface area contributed by atoms with Crippen molar-refractivity contribution in [1.82, 2.24) is 0 Å². The van der Waals surface area contributed by atoms with Gasteiger partial charge in [0.2, 0.25) is 0 Å². The maximum atomic E-state index is 11.4. The number of carbonyl (C=O) groups excluding carboxylic acids is 1. The van der Waals surface area contributed by atoms with Gasteiger partial charge in [0.1, 0.15) is 6.10 Å². The lowest BCUT2D eigenvalue weighted by atomic mass is 10.1. The minimum absolute atomic E-state index is 0.0439. The number of allylic oxidation sites excluding steroid dienone is 1. The van der Waals surface area contributed by atoms with E-state index in [9.17, 15) is 4.79 Å². The summed E-state index contributed by atoms with van der Waals surface area (Å²) in [7, 11) is 0. The lowest BCUT2D eigenvalue weighted by Gasteiger charge is -2.19. The highest BCUT2D eigenvalue weighted by Crippen LogP contribution is 2.12. The summed E-state index contributed by atoms with van der Waals surface area (Å²) in [5, 5.41) is 0. The molecule has 2 heteroatoms. The molecule has 0 aliphatic heterocycles. The average Bonchev–Trinajstić information content (AvgIpc) is 2.11. The molecule has 76 valence electrons. The van der Waals surface area contributed by atoms with Crippen LogP contribution in [0.3, 0.4) is 0 Å². The van der Waals surface area contributed by atoms with E-state index in [2.05, 4.69) is 13.8 Å². The first kappa shape index (κ1) is 12.2. The summed E-state index contributed by atoms with van der Waals surface area (Å²) < 4.78 is 5.31. The molecule has 13 heavy (non-hydrogen) atoms. The first-order valence-corrected chi connectivity index (χ1v) is 4.86. The van der Waals surface area contributed by atoms with E-state index in [1.54, 1.807) is 13.0 Å². The molecule has 0 heterocycles. The van der Waals surface area contributed by atoms with Gasteiger partial charge in [-0.05, 0) is 26.2 Å². The molecule has 0 saturated heterocycles. The molecule has 0 aromatic rings. The van der Waals surface area contributed by atoms with Crippen molar-refractivity contribution in [3.63, 3.8) is 0 Å². The summed E-state index contributed by atoms with van der Waals surface area (Å²) in [5.41, 5.74) is 0.680. The molecule has 0 amide bonds. The van der Waals surface area contributed by atoms with E-state index in [0.29, 0.717) is 11.5 Å². The van der Waals surface area contributed by atoms with Crippen molar-refractivity contribution in [1.29, 1.82) is 0 Å². The predicted molar refractivity (Wildman–Crippen MR) is 54.4 cm³/mol. The third-order valence-electron chi connectivity index (χ3n) is 2.16. The maximum absolute atomic E-state index is 11.4. The van der Waals surface area contributed by atoms with E-state index in [-0.39, 0.29) is 12.1 Å². The van der Waals surface area contributed by atoms with E-state index < -0.39 is 0 Å². The summed E-state index contributed by atoms with van der Waals surface area (Å²) in [4.78, 5) is 11.4. The molecule has 0 aliphatic carbocycles. The summed E-state index contributed by atoms with van der Waals surface area (Å²) in [5.74, 6) is 0.196. The molecule has 0 bridgehead atoms. The van der Waals surface area contributed by atoms with Gasteiger partial charge in [-0.3, -0.25) is 0 Å². The normalized spacial score (nSPS) is 14.5. The van der Waals surface area contributed by atoms with Crippen LogP contribution in [0.2, 0.25) is 0 Å². The summed E-state index contributed by atoms with van der Waals surface area (Å²) in [6.45, 7) is 9.77. The number of esters is 1. The zero-order chi connectivity index (χ0) is 10.4. The molecule has 0 fully saturated rings. The second-order valence-corrected chi connectivity index (χ2v) is 3.57. The quantitative estimate of drug-likeness (QED) is 0.496. The Morgan fingerprint density at radius 2 is 2.00 bits per heavy atom. The monoisotopic (exact) mass is 184 g/mol. The Hall–Kier alpha value is -0.790. The van der Waals surface area contributed by atoms with Crippen LogP contribution in [0.15, 0.2) is 11.6 Å². The fourth-order valence-electron chi connectivity index (χ4n) is 1.04. The Balaban J connectivity index is 4.17. The van der Waals surface area contributed by atoms with Crippen molar-refractivity contribution in [2.75, 3.05) is 0 Å². The highest BCUT2D eigenvalue weighted by molar-refractivity contribution is 5.87. The van der Waals surface area contributed by atoms with Crippen LogP contribution in [0, 0.1) is 5.92 Å². The number of hydrogen-bond acceptors (Lipinski definition) is 2. The van der Waals surface area contributed by atoms with Crippen LogP contribution < -0.4 is 0 Å². The maximum Gasteiger partial charge on any atom is 0.333 e. The molecule has 0 aliphatic rings. The summed E-state index contributed by atoms with van der Waals surface area (Å²) in [6.07, 6.45) is 2.69. The third-order valence-corrected chi connectivity index (χ3v) is 2.16. The van der Waals surface area contributed by atoms with Crippen LogP contribution in [0.1, 0.15) is 41.0 Å². The van der Waals surface area contributed by atoms with Gasteiger partial charge in [0.15, 0.2) is 0 Å². The smallest absolute Gasteiger partial charge is 0.333 e. The lowest BCUT2D eigenvalue weighted by Crippen LogP contribution is -2.23. The van der Waals surface area contributed by atoms with Crippen LogP contribution in [0.5, 0.6) is 0 Å². The van der Waals surface area contributed by atoms with Crippen molar-refractivity contribution >= 4 is 5.97 Å². The number of rotatable bonds is 4. The second-order valence-electron chi connectivity index (χ2n) is 3.57. The topological polar surface area (TPSA) is 26.3 Å². The van der Waals surface area contributed by atoms with Gasteiger partial charge in [0.05, 0.1) is 0 Å². The Labute approximate surface area is 81.0 Å². The molecule has 2 nitrogen and oxygen atoms in total. The SMILES string of the molecule is C/C=C(\C)C(=O)O[C@@H](CC)C(C)C. The van der Waals surface area contributed by atoms with Gasteiger partial charge < -0.3 is 4.74 Å². The molecule has 1 atom stereocenters. The molecule has 0 saturated carbocycles. The fraction of sp³-hybridized carbons (Fsp3) is 0.727. The summed E-state index contributed by atoms with van der Waals surface area (Å²) >= 11 is 0. The van der Waals surface area contributed by atoms with Crippen molar-refractivity contribution in [2.24, 2.45) is 5.92 Å². The summed E-state index contributed by atoms with van der Waals surface area (Å²) in [6, 6.07) is 0. The largest absolute Gasteiger partial charge is 0.459 e. The number of hydrogen-bond donors (Lipinski definition) is 0. The molecule has 0 spiro atoms. The zero-order valence-corrected chi connectivity index (χ0v) is 9.26. The zero-order valence-electron chi connectivity index (χ0n) is 9.26. The molecule has 0 N–H and O–H groups in total. The molecular formula is C11H20O2. The fourth-order valence-corrected chi connectivity index (χ4v) is 1.04. The minimum Gasteiger partial charge on any atom is -0.459 e. The van der Waals surface area contributed by atoms with Gasteiger partial charge in [-0.25, -0.2) is 4.79 Å². The average molecular weight is 184 g/mol. The first-order chi connectivity index (χ1) is 6.02. The van der Waals surface area contributed by atoms with Gasteiger partial charge in [-0.1, -0.05) is 26.8 Å². The molecule has 0 aromatic carbocycles. The van der Waals surface area contributed by atoms with Crippen LogP contribution in [-0.2, 0) is 9.53 Å². The molecule has 0 aromatic heterocycles. The van der Waals surface area contributed by atoms with Crippen molar-refractivity contribution in [2.45, 2.75) is 47.1 Å². The number of carbonyl (C=O) groups is 1. The third kappa shape index (κ3) is 4.11. The van der Waals surface area contributed by atoms with Crippen LogP contribution >= 0.6 is 0 Å². The highest BCUT2D eigenvalue weighted by atomic mass is 16.5. The molecule has 0 radical (unpaired) electrons. The van der Waals surface area contributed by atoms with Gasteiger partial charge >= 0.3 is 5.97 Å². The van der Waals surface area contributed by atoms with Gasteiger partial charge in [0, 0.05) is 5.57 Å². The minimum atomic E-state index is -0.192. The Morgan fingerprint density at radius 3 is 2.31 bits per heavy atom. The van der Waals surface area contributed by atoms with Crippen LogP contribution in [0.4, 0.5) is 0 Å². The van der Waals surface area contributed by atoms with E-state index in [1.165, 1.54) is 0 Å². The Morgan fingerprint density at radius 1 is 1.46 bits per heavy atom. The van der Waals surface area contributed by atoms with Gasteiger partial charge in [-0.15, -0.1) is 0 Å². The van der Waals surface area contributed by atoms with E-state index in [0.717, 1.165) is 6.42 Å². The predicted octanol–water partition coefficient (Wildman–Crippen LogP) is 2.93. The van der Waals surface area contributed by atoms with Crippen molar-refractivity contribution in [3.8, 4) is 0 Å². The van der Waals surface area contributed by atoms with Crippen molar-refractivity contribution in [3.05, 3.63) is 11.6 Å². The number of ether oxygens (including phenoxy) is 1. The van der Waals surface area contributed by atoms with Gasteiger partial charge in [-0.2, -0.15) is 0 Å². The highest BCUT2D eigenvalue weighted by Gasteiger charge is 2.16. The Bertz CT molecular complexity index is 192. The second kappa shape index (κ2) is 5.79. The molecule has 0 rings (SSSR count).